The molecule has 0 N–H and O–H groups in total. The molecular formula is C22H27NO6S. The van der Waals surface area contributed by atoms with E-state index in [1.165, 1.54) is 0 Å². The highest BCUT2D eigenvalue weighted by molar-refractivity contribution is 7.99. The van der Waals surface area contributed by atoms with Crippen LogP contribution in [0.2, 0.25) is 0 Å². The molecule has 0 aliphatic carbocycles. The molecular weight excluding hydrogens is 406 g/mol. The Morgan fingerprint density at radius 3 is 2.03 bits per heavy atom. The van der Waals surface area contributed by atoms with E-state index >= 15 is 0 Å². The van der Waals surface area contributed by atoms with Gasteiger partial charge >= 0.3 is 0 Å². The molecule has 1 saturated heterocycles. The number of hydrogen-bond acceptors (Lipinski definition) is 7. The Hall–Kier alpha value is -2.74. The average Bonchev–Trinajstić information content (AvgIpc) is 2.79. The maximum atomic E-state index is 13.0. The fourth-order valence-corrected chi connectivity index (χ4v) is 4.76. The lowest BCUT2D eigenvalue weighted by Gasteiger charge is -2.37. The molecule has 2 aromatic carbocycles. The molecule has 30 heavy (non-hydrogen) atoms. The van der Waals surface area contributed by atoms with Crippen LogP contribution < -0.4 is 23.7 Å². The molecule has 8 heteroatoms. The zero-order chi connectivity index (χ0) is 21.7. The van der Waals surface area contributed by atoms with Gasteiger partial charge in [-0.2, -0.15) is 0 Å². The van der Waals surface area contributed by atoms with E-state index < -0.39 is 0 Å². The van der Waals surface area contributed by atoms with E-state index in [-0.39, 0.29) is 11.3 Å². The smallest absolute Gasteiger partial charge is 0.224 e. The van der Waals surface area contributed by atoms with E-state index in [0.717, 1.165) is 16.9 Å². The van der Waals surface area contributed by atoms with Crippen LogP contribution in [0.4, 0.5) is 0 Å². The first-order chi connectivity index (χ1) is 14.6. The fourth-order valence-electron chi connectivity index (χ4n) is 3.47. The van der Waals surface area contributed by atoms with Crippen molar-refractivity contribution >= 4 is 17.7 Å². The second-order valence-electron chi connectivity index (χ2n) is 6.62. The van der Waals surface area contributed by atoms with E-state index in [1.54, 1.807) is 47.3 Å². The van der Waals surface area contributed by atoms with Crippen molar-refractivity contribution in [2.75, 3.05) is 41.3 Å². The molecule has 1 fully saturated rings. The second kappa shape index (κ2) is 9.84. The Balaban J connectivity index is 2.04. The summed E-state index contributed by atoms with van der Waals surface area (Å²) in [7, 11) is 8.01. The van der Waals surface area contributed by atoms with Crippen molar-refractivity contribution in [1.29, 1.82) is 0 Å². The average molecular weight is 434 g/mol. The molecule has 3 rings (SSSR count). The summed E-state index contributed by atoms with van der Waals surface area (Å²) in [5, 5.41) is -0.270. The topological polar surface area (TPSA) is 66.5 Å². The Morgan fingerprint density at radius 2 is 1.47 bits per heavy atom. The summed E-state index contributed by atoms with van der Waals surface area (Å²) in [6, 6.07) is 9.22. The van der Waals surface area contributed by atoms with Gasteiger partial charge in [0.25, 0.3) is 0 Å². The van der Waals surface area contributed by atoms with Crippen LogP contribution in [-0.2, 0) is 11.3 Å². The lowest BCUT2D eigenvalue weighted by atomic mass is 10.1. The predicted octanol–water partition coefficient (Wildman–Crippen LogP) is 3.89. The summed E-state index contributed by atoms with van der Waals surface area (Å²) < 4.78 is 27.5. The summed E-state index contributed by atoms with van der Waals surface area (Å²) >= 11 is 1.68. The number of nitrogens with zero attached hydrogens (tertiary/aromatic N) is 1. The van der Waals surface area contributed by atoms with Gasteiger partial charge in [-0.3, -0.25) is 4.79 Å². The predicted molar refractivity (Wildman–Crippen MR) is 116 cm³/mol. The van der Waals surface area contributed by atoms with Gasteiger partial charge in [0.1, 0.15) is 34.1 Å². The molecule has 0 aromatic heterocycles. The van der Waals surface area contributed by atoms with Crippen molar-refractivity contribution in [2.24, 2.45) is 0 Å². The Bertz CT molecular complexity index is 878. The monoisotopic (exact) mass is 433 g/mol. The van der Waals surface area contributed by atoms with Crippen molar-refractivity contribution in [3.8, 4) is 28.7 Å². The third-order valence-electron chi connectivity index (χ3n) is 5.03. The number of carbonyl (C=O) groups excluding carboxylic acids is 1. The molecule has 1 atom stereocenters. The van der Waals surface area contributed by atoms with Crippen LogP contribution in [0.15, 0.2) is 30.3 Å². The number of rotatable bonds is 8. The third-order valence-corrected chi connectivity index (χ3v) is 6.28. The van der Waals surface area contributed by atoms with Crippen LogP contribution in [0.5, 0.6) is 28.7 Å². The van der Waals surface area contributed by atoms with Crippen LogP contribution in [0.25, 0.3) is 0 Å². The summed E-state index contributed by atoms with van der Waals surface area (Å²) in [6.07, 6.45) is 0.473. The normalized spacial score (nSPS) is 16.2. The lowest BCUT2D eigenvalue weighted by molar-refractivity contribution is -0.132. The van der Waals surface area contributed by atoms with Crippen LogP contribution in [0.1, 0.15) is 22.9 Å². The van der Waals surface area contributed by atoms with Crippen molar-refractivity contribution < 1.29 is 28.5 Å². The van der Waals surface area contributed by atoms with Gasteiger partial charge in [-0.1, -0.05) is 0 Å². The quantitative estimate of drug-likeness (QED) is 0.626. The molecule has 1 aliphatic rings. The molecule has 162 valence electrons. The largest absolute Gasteiger partial charge is 0.497 e. The van der Waals surface area contributed by atoms with Gasteiger partial charge in [0, 0.05) is 35.9 Å². The minimum absolute atomic E-state index is 0.0662. The molecule has 2 aromatic rings. The van der Waals surface area contributed by atoms with Crippen LogP contribution >= 0.6 is 11.8 Å². The number of amides is 1. The van der Waals surface area contributed by atoms with E-state index in [2.05, 4.69) is 0 Å². The van der Waals surface area contributed by atoms with Gasteiger partial charge in [-0.25, -0.2) is 0 Å². The molecule has 0 radical (unpaired) electrons. The summed E-state index contributed by atoms with van der Waals surface area (Å²) in [5.74, 6) is 4.02. The zero-order valence-electron chi connectivity index (χ0n) is 17.9. The van der Waals surface area contributed by atoms with E-state index in [1.807, 2.05) is 35.2 Å². The SMILES string of the molecule is COc1ccc(CN2C(=O)CCSC2c2c(OC)cc(OC)cc2OC)c(OC)c1. The Morgan fingerprint density at radius 1 is 0.867 bits per heavy atom. The van der Waals surface area contributed by atoms with E-state index in [9.17, 15) is 4.79 Å². The third kappa shape index (κ3) is 4.38. The number of carbonyl (C=O) groups is 1. The van der Waals surface area contributed by atoms with E-state index in [0.29, 0.717) is 41.7 Å². The Labute approximate surface area is 181 Å². The van der Waals surface area contributed by atoms with Crippen molar-refractivity contribution in [2.45, 2.75) is 18.3 Å². The molecule has 0 saturated carbocycles. The molecule has 7 nitrogen and oxygen atoms in total. The molecule has 1 unspecified atom stereocenters. The second-order valence-corrected chi connectivity index (χ2v) is 7.81. The number of ether oxygens (including phenoxy) is 5. The number of methoxy groups -OCH3 is 5. The lowest BCUT2D eigenvalue weighted by Crippen LogP contribution is -2.37. The Kier molecular flexibility index (Phi) is 7.20. The van der Waals surface area contributed by atoms with Gasteiger partial charge in [0.05, 0.1) is 47.7 Å². The van der Waals surface area contributed by atoms with Gasteiger partial charge in [-0.05, 0) is 12.1 Å². The molecule has 0 spiro atoms. The highest BCUT2D eigenvalue weighted by Crippen LogP contribution is 2.48. The van der Waals surface area contributed by atoms with Crippen LogP contribution in [0.3, 0.4) is 0 Å². The minimum atomic E-state index is -0.270. The maximum absolute atomic E-state index is 13.0. The summed E-state index contributed by atoms with van der Waals surface area (Å²) in [6.45, 7) is 0.391. The molecule has 1 aliphatic heterocycles. The summed E-state index contributed by atoms with van der Waals surface area (Å²) in [5.41, 5.74) is 1.71. The van der Waals surface area contributed by atoms with Gasteiger partial charge < -0.3 is 28.6 Å². The first kappa shape index (κ1) is 22.0. The summed E-state index contributed by atoms with van der Waals surface area (Å²) in [4.78, 5) is 14.8. The zero-order valence-corrected chi connectivity index (χ0v) is 18.7. The number of thioether (sulfide) groups is 1. The van der Waals surface area contributed by atoms with Crippen molar-refractivity contribution in [3.05, 3.63) is 41.5 Å². The highest BCUT2D eigenvalue weighted by atomic mass is 32.2. The van der Waals surface area contributed by atoms with Gasteiger partial charge in [-0.15, -0.1) is 11.8 Å². The van der Waals surface area contributed by atoms with Crippen LogP contribution in [0, 0.1) is 0 Å². The molecule has 0 bridgehead atoms. The first-order valence-electron chi connectivity index (χ1n) is 9.48. The first-order valence-corrected chi connectivity index (χ1v) is 10.5. The standard InChI is InChI=1S/C22H27NO6S/c1-25-15-7-6-14(17(10-15)27-3)13-23-20(24)8-9-30-22(23)21-18(28-4)11-16(26-2)12-19(21)29-5/h6-7,10-12,22H,8-9,13H2,1-5H3. The fraction of sp³-hybridized carbons (Fsp3) is 0.409. The van der Waals surface area contributed by atoms with Crippen LogP contribution in [-0.4, -0.2) is 52.1 Å². The minimum Gasteiger partial charge on any atom is -0.497 e. The number of hydrogen-bond donors (Lipinski definition) is 0. The van der Waals surface area contributed by atoms with Crippen molar-refractivity contribution in [3.63, 3.8) is 0 Å². The van der Waals surface area contributed by atoms with E-state index in [4.69, 9.17) is 23.7 Å². The molecule has 1 heterocycles. The van der Waals surface area contributed by atoms with Gasteiger partial charge in [0.2, 0.25) is 5.91 Å². The van der Waals surface area contributed by atoms with Gasteiger partial charge in [0.15, 0.2) is 0 Å². The van der Waals surface area contributed by atoms with Crippen molar-refractivity contribution in [1.82, 2.24) is 4.90 Å². The molecule has 1 amide bonds. The maximum Gasteiger partial charge on any atom is 0.224 e. The number of benzene rings is 2. The highest BCUT2D eigenvalue weighted by Gasteiger charge is 2.35.